The van der Waals surface area contributed by atoms with Crippen molar-refractivity contribution in [3.05, 3.63) is 0 Å². The first-order chi connectivity index (χ1) is 7.54. The van der Waals surface area contributed by atoms with Crippen LogP contribution in [0.1, 0.15) is 6.92 Å². The Kier molecular flexibility index (Phi) is 7.03. The van der Waals surface area contributed by atoms with Gasteiger partial charge in [-0.25, -0.2) is 0 Å². The van der Waals surface area contributed by atoms with Crippen molar-refractivity contribution in [1.29, 1.82) is 0 Å². The lowest BCUT2D eigenvalue weighted by Crippen LogP contribution is -2.56. The Morgan fingerprint density at radius 2 is 1.47 bits per heavy atom. The van der Waals surface area contributed by atoms with Crippen molar-refractivity contribution in [2.24, 2.45) is 0 Å². The molecule has 0 bridgehead atoms. The summed E-state index contributed by atoms with van der Waals surface area (Å²) in [5.74, 6) is 0. The Morgan fingerprint density at radius 3 is 1.82 bits per heavy atom. The van der Waals surface area contributed by atoms with Crippen LogP contribution in [-0.2, 0) is 16.8 Å². The molecule has 0 aromatic carbocycles. The standard InChI is InChI=1S/C9H26O4Si4/c1-9-10-17(8,12-15(3,4)5)13-16(6,7)11-14-2/h9H2,1-8H3. The van der Waals surface area contributed by atoms with E-state index < -0.39 is 25.7 Å². The highest BCUT2D eigenvalue weighted by molar-refractivity contribution is 6.84. The Bertz CT molecular complexity index is 232. The fourth-order valence-corrected chi connectivity index (χ4v) is 13.7. The molecule has 0 aromatic heterocycles. The number of rotatable bonds is 8. The highest BCUT2D eigenvalue weighted by atomic mass is 28.5. The van der Waals surface area contributed by atoms with Crippen molar-refractivity contribution in [3.8, 4) is 0 Å². The van der Waals surface area contributed by atoms with Gasteiger partial charge in [0.05, 0.1) is 0 Å². The van der Waals surface area contributed by atoms with Gasteiger partial charge in [0.1, 0.15) is 0 Å². The van der Waals surface area contributed by atoms with Gasteiger partial charge in [-0.15, -0.1) is 0 Å². The van der Waals surface area contributed by atoms with Crippen LogP contribution < -0.4 is 0 Å². The van der Waals surface area contributed by atoms with Crippen LogP contribution in [0, 0.1) is 0 Å². The van der Waals surface area contributed by atoms with Crippen molar-refractivity contribution in [3.63, 3.8) is 0 Å². The average molecular weight is 311 g/mol. The molecule has 0 fully saturated rings. The predicted molar refractivity (Wildman–Crippen MR) is 78.9 cm³/mol. The molecule has 0 aliphatic carbocycles. The first kappa shape index (κ1) is 17.7. The molecule has 0 aliphatic heterocycles. The van der Waals surface area contributed by atoms with Crippen molar-refractivity contribution < 1.29 is 16.8 Å². The van der Waals surface area contributed by atoms with E-state index in [0.29, 0.717) is 16.4 Å². The van der Waals surface area contributed by atoms with Crippen LogP contribution in [0.3, 0.4) is 0 Å². The van der Waals surface area contributed by atoms with Crippen LogP contribution in [0.2, 0.25) is 45.8 Å². The average Bonchev–Trinajstić information content (AvgIpc) is 1.96. The lowest BCUT2D eigenvalue weighted by Gasteiger charge is -2.37. The summed E-state index contributed by atoms with van der Waals surface area (Å²) in [6.07, 6.45) is 0. The summed E-state index contributed by atoms with van der Waals surface area (Å²) in [5.41, 5.74) is 0. The normalized spacial score (nSPS) is 16.9. The predicted octanol–water partition coefficient (Wildman–Crippen LogP) is 2.85. The van der Waals surface area contributed by atoms with Crippen molar-refractivity contribution >= 4 is 35.4 Å². The van der Waals surface area contributed by atoms with E-state index in [1.807, 2.05) is 33.1 Å². The molecule has 1 unspecified atom stereocenters. The van der Waals surface area contributed by atoms with Crippen LogP contribution in [0.15, 0.2) is 0 Å². The zero-order valence-corrected chi connectivity index (χ0v) is 16.3. The highest BCUT2D eigenvalue weighted by Crippen LogP contribution is 2.22. The summed E-state index contributed by atoms with van der Waals surface area (Å²) in [7, 11) is -5.91. The van der Waals surface area contributed by atoms with Crippen LogP contribution in [0.25, 0.3) is 0 Å². The zero-order valence-electron chi connectivity index (χ0n) is 12.3. The molecule has 17 heavy (non-hydrogen) atoms. The molecule has 0 aromatic rings. The summed E-state index contributed by atoms with van der Waals surface area (Å²) in [4.78, 5) is 0. The largest absolute Gasteiger partial charge is 0.478 e. The molecule has 0 aliphatic rings. The van der Waals surface area contributed by atoms with Crippen molar-refractivity contribution in [2.75, 3.05) is 6.61 Å². The minimum Gasteiger partial charge on any atom is -0.437 e. The van der Waals surface area contributed by atoms with Gasteiger partial charge >= 0.3 is 17.4 Å². The van der Waals surface area contributed by atoms with Crippen LogP contribution in [0.5, 0.6) is 0 Å². The van der Waals surface area contributed by atoms with Gasteiger partial charge in [-0.2, -0.15) is 0 Å². The van der Waals surface area contributed by atoms with E-state index in [1.165, 1.54) is 0 Å². The van der Waals surface area contributed by atoms with Crippen molar-refractivity contribution in [1.82, 2.24) is 0 Å². The molecule has 0 saturated carbocycles. The lowest BCUT2D eigenvalue weighted by atomic mass is 10.9. The summed E-state index contributed by atoms with van der Waals surface area (Å²) >= 11 is 0. The Labute approximate surface area is 112 Å². The molecule has 102 valence electrons. The van der Waals surface area contributed by atoms with E-state index in [9.17, 15) is 0 Å². The van der Waals surface area contributed by atoms with E-state index in [4.69, 9.17) is 16.8 Å². The van der Waals surface area contributed by atoms with Gasteiger partial charge in [-0.05, 0) is 46.2 Å². The maximum absolute atomic E-state index is 6.14. The fraction of sp³-hybridized carbons (Fsp3) is 1.00. The highest BCUT2D eigenvalue weighted by Gasteiger charge is 2.45. The third-order valence-electron chi connectivity index (χ3n) is 1.68. The van der Waals surface area contributed by atoms with E-state index >= 15 is 0 Å². The molecule has 4 nitrogen and oxygen atoms in total. The van der Waals surface area contributed by atoms with Gasteiger partial charge < -0.3 is 16.8 Å². The molecule has 0 saturated heterocycles. The van der Waals surface area contributed by atoms with Gasteiger partial charge in [0, 0.05) is 13.2 Å². The maximum atomic E-state index is 6.14. The lowest BCUT2D eigenvalue weighted by molar-refractivity contribution is 0.165. The molecular formula is C9H26O4Si4. The zero-order chi connectivity index (χ0) is 13.7. The maximum Gasteiger partial charge on any atom is 0.478 e. The quantitative estimate of drug-likeness (QED) is 0.646. The Hall–Kier alpha value is 0.708. The summed E-state index contributed by atoms with van der Waals surface area (Å²) in [6, 6.07) is 0. The second kappa shape index (κ2) is 6.75. The summed E-state index contributed by atoms with van der Waals surface area (Å²) in [6.45, 7) is 17.1. The minimum absolute atomic E-state index is 0.444. The molecular weight excluding hydrogens is 284 g/mol. The van der Waals surface area contributed by atoms with Gasteiger partial charge in [0.2, 0.25) is 9.76 Å². The summed E-state index contributed by atoms with van der Waals surface area (Å²) in [5, 5.41) is 0. The van der Waals surface area contributed by atoms with E-state index in [0.717, 1.165) is 0 Å². The van der Waals surface area contributed by atoms with Gasteiger partial charge in [-0.1, -0.05) is 0 Å². The van der Waals surface area contributed by atoms with Gasteiger partial charge in [-0.3, -0.25) is 0 Å². The van der Waals surface area contributed by atoms with E-state index in [1.54, 1.807) is 0 Å². The fourth-order valence-electron chi connectivity index (χ4n) is 1.61. The summed E-state index contributed by atoms with van der Waals surface area (Å²) < 4.78 is 23.8. The van der Waals surface area contributed by atoms with Crippen LogP contribution in [-0.4, -0.2) is 42.1 Å². The molecule has 8 heteroatoms. The van der Waals surface area contributed by atoms with Gasteiger partial charge in [0.15, 0.2) is 8.32 Å². The monoisotopic (exact) mass is 310 g/mol. The smallest absolute Gasteiger partial charge is 0.437 e. The SMILES string of the molecule is CCO[Si](C)(O[Si](C)(C)C)O[Si](C)(C)O[Si]C. The molecule has 1 atom stereocenters. The van der Waals surface area contributed by atoms with E-state index in [2.05, 4.69) is 19.6 Å². The Morgan fingerprint density at radius 1 is 0.941 bits per heavy atom. The molecule has 0 heterocycles. The second-order valence-corrected chi connectivity index (χ2v) is 17.2. The molecule has 0 rings (SSSR count). The number of hydrogen-bond acceptors (Lipinski definition) is 4. The second-order valence-electron chi connectivity index (χ2n) is 5.32. The van der Waals surface area contributed by atoms with E-state index in [-0.39, 0.29) is 0 Å². The third-order valence-corrected chi connectivity index (χ3v) is 12.7. The number of hydrogen-bond donors (Lipinski definition) is 0. The first-order valence-corrected chi connectivity index (χ1v) is 15.8. The topological polar surface area (TPSA) is 36.9 Å². The molecule has 0 N–H and O–H groups in total. The van der Waals surface area contributed by atoms with Gasteiger partial charge in [0.25, 0.3) is 0 Å². The molecule has 0 spiro atoms. The van der Waals surface area contributed by atoms with Crippen molar-refractivity contribution in [2.45, 2.75) is 52.8 Å². The van der Waals surface area contributed by atoms with Crippen LogP contribution in [0.4, 0.5) is 0 Å². The Balaban J connectivity index is 4.71. The third kappa shape index (κ3) is 8.43. The van der Waals surface area contributed by atoms with Crippen LogP contribution >= 0.6 is 0 Å². The molecule has 0 amide bonds. The first-order valence-electron chi connectivity index (χ1n) is 5.92. The molecule has 2 radical (unpaired) electrons. The minimum atomic E-state index is -2.55.